The normalized spacial score (nSPS) is 12.8. The highest BCUT2D eigenvalue weighted by Crippen LogP contribution is 2.36. The lowest BCUT2D eigenvalue weighted by Gasteiger charge is -2.37. The zero-order chi connectivity index (χ0) is 25.6. The standard InChI is InChI=1S/C27H37N3O4Si/c1-20(18-33-35(6,7)27(2,3)4)34-24-14-9-8-11-22(24)19-32-23-13-10-12-21(17-23)26(31)28-25-15-16-30(5)29-25/h8-17,20H,18-19H2,1-7H3,(H,28,29,31)/t20-/m0/s1. The van der Waals surface area contributed by atoms with Gasteiger partial charge in [0.1, 0.15) is 24.2 Å². The Balaban J connectivity index is 1.60. The Morgan fingerprint density at radius 2 is 1.86 bits per heavy atom. The SMILES string of the molecule is C[C@@H](CO[Si](C)(C)C(C)(C)C)Oc1ccccc1COc1cccc(C(=O)Nc2ccn(C)n2)c1. The number of amides is 1. The molecule has 0 spiro atoms. The molecule has 35 heavy (non-hydrogen) atoms. The molecule has 0 bridgehead atoms. The summed E-state index contributed by atoms with van der Waals surface area (Å²) in [5, 5.41) is 7.12. The van der Waals surface area contributed by atoms with Gasteiger partial charge in [-0.05, 0) is 49.3 Å². The van der Waals surface area contributed by atoms with E-state index < -0.39 is 8.32 Å². The molecule has 7 nitrogen and oxygen atoms in total. The maximum absolute atomic E-state index is 12.6. The smallest absolute Gasteiger partial charge is 0.256 e. The largest absolute Gasteiger partial charge is 0.489 e. The van der Waals surface area contributed by atoms with Crippen molar-refractivity contribution in [2.24, 2.45) is 7.05 Å². The van der Waals surface area contributed by atoms with Gasteiger partial charge in [-0.2, -0.15) is 5.10 Å². The van der Waals surface area contributed by atoms with Crippen molar-refractivity contribution < 1.29 is 18.7 Å². The summed E-state index contributed by atoms with van der Waals surface area (Å²) in [7, 11) is -0.0393. The first-order valence-electron chi connectivity index (χ1n) is 11.9. The molecule has 1 heterocycles. The van der Waals surface area contributed by atoms with E-state index in [1.54, 1.807) is 42.2 Å². The van der Waals surface area contributed by atoms with Gasteiger partial charge in [0.05, 0.1) is 6.61 Å². The van der Waals surface area contributed by atoms with Crippen molar-refractivity contribution in [3.05, 3.63) is 71.9 Å². The summed E-state index contributed by atoms with van der Waals surface area (Å²) < 4.78 is 20.2. The van der Waals surface area contributed by atoms with Crippen LogP contribution in [0.4, 0.5) is 5.82 Å². The van der Waals surface area contributed by atoms with E-state index in [1.165, 1.54) is 0 Å². The molecule has 0 saturated heterocycles. The Bertz CT molecular complexity index is 1140. The van der Waals surface area contributed by atoms with Gasteiger partial charge < -0.3 is 19.2 Å². The van der Waals surface area contributed by atoms with Crippen LogP contribution in [0, 0.1) is 0 Å². The fraction of sp³-hybridized carbons (Fsp3) is 0.407. The van der Waals surface area contributed by atoms with Gasteiger partial charge >= 0.3 is 0 Å². The van der Waals surface area contributed by atoms with Crippen molar-refractivity contribution >= 4 is 20.0 Å². The zero-order valence-corrected chi connectivity index (χ0v) is 22.8. The lowest BCUT2D eigenvalue weighted by molar-refractivity contribution is 0.102. The van der Waals surface area contributed by atoms with Gasteiger partial charge in [0.2, 0.25) is 0 Å². The van der Waals surface area contributed by atoms with Gasteiger partial charge in [0.15, 0.2) is 14.1 Å². The minimum absolute atomic E-state index is 0.0936. The van der Waals surface area contributed by atoms with Crippen LogP contribution in [-0.2, 0) is 18.1 Å². The molecule has 0 fully saturated rings. The number of anilines is 1. The Morgan fingerprint density at radius 1 is 1.11 bits per heavy atom. The quantitative estimate of drug-likeness (QED) is 0.347. The van der Waals surface area contributed by atoms with Crippen LogP contribution in [0.15, 0.2) is 60.8 Å². The number of nitrogens with one attached hydrogen (secondary N) is 1. The molecule has 8 heteroatoms. The number of aromatic nitrogens is 2. The Kier molecular flexibility index (Phi) is 8.40. The molecule has 188 valence electrons. The summed E-state index contributed by atoms with van der Waals surface area (Å²) in [5.41, 5.74) is 1.42. The lowest BCUT2D eigenvalue weighted by atomic mass is 10.2. The number of hydrogen-bond acceptors (Lipinski definition) is 5. The van der Waals surface area contributed by atoms with Crippen LogP contribution in [-0.4, -0.2) is 36.7 Å². The first-order valence-corrected chi connectivity index (χ1v) is 14.8. The van der Waals surface area contributed by atoms with E-state index in [2.05, 4.69) is 44.3 Å². The van der Waals surface area contributed by atoms with Gasteiger partial charge in [-0.15, -0.1) is 0 Å². The second kappa shape index (κ2) is 11.1. The molecule has 0 aliphatic rings. The summed E-state index contributed by atoms with van der Waals surface area (Å²) >= 11 is 0. The van der Waals surface area contributed by atoms with Crippen molar-refractivity contribution in [3.63, 3.8) is 0 Å². The molecule has 1 N–H and O–H groups in total. The highest BCUT2D eigenvalue weighted by atomic mass is 28.4. The van der Waals surface area contributed by atoms with Crippen LogP contribution in [0.5, 0.6) is 11.5 Å². The highest BCUT2D eigenvalue weighted by molar-refractivity contribution is 6.74. The first kappa shape index (κ1) is 26.5. The third kappa shape index (κ3) is 7.44. The number of ether oxygens (including phenoxy) is 2. The molecule has 1 atom stereocenters. The summed E-state index contributed by atoms with van der Waals surface area (Å²) in [6, 6.07) is 16.7. The maximum Gasteiger partial charge on any atom is 0.256 e. The predicted octanol–water partition coefficient (Wildman–Crippen LogP) is 6.04. The lowest BCUT2D eigenvalue weighted by Crippen LogP contribution is -2.43. The Hall–Kier alpha value is -3.10. The molecule has 0 saturated carbocycles. The number of carbonyl (C=O) groups is 1. The van der Waals surface area contributed by atoms with Crippen LogP contribution in [0.3, 0.4) is 0 Å². The number of hydrogen-bond donors (Lipinski definition) is 1. The number of benzene rings is 2. The monoisotopic (exact) mass is 495 g/mol. The van der Waals surface area contributed by atoms with Crippen LogP contribution < -0.4 is 14.8 Å². The fourth-order valence-electron chi connectivity index (χ4n) is 3.09. The molecule has 0 unspecified atom stereocenters. The van der Waals surface area contributed by atoms with E-state index in [9.17, 15) is 4.79 Å². The van der Waals surface area contributed by atoms with Crippen molar-refractivity contribution in [1.29, 1.82) is 0 Å². The second-order valence-corrected chi connectivity index (χ2v) is 15.1. The summed E-state index contributed by atoms with van der Waals surface area (Å²) in [6.07, 6.45) is 1.68. The third-order valence-corrected chi connectivity index (χ3v) is 10.7. The van der Waals surface area contributed by atoms with Gasteiger partial charge in [-0.1, -0.05) is 45.0 Å². The molecule has 1 amide bonds. The van der Waals surface area contributed by atoms with Crippen molar-refractivity contribution in [2.45, 2.75) is 58.5 Å². The van der Waals surface area contributed by atoms with Crippen molar-refractivity contribution in [2.75, 3.05) is 11.9 Å². The molecule has 0 aliphatic heterocycles. The average Bonchev–Trinajstić information content (AvgIpc) is 3.21. The number of rotatable bonds is 10. The molecule has 2 aromatic carbocycles. The number of para-hydroxylation sites is 1. The van der Waals surface area contributed by atoms with E-state index in [0.717, 1.165) is 11.3 Å². The zero-order valence-electron chi connectivity index (χ0n) is 21.8. The predicted molar refractivity (Wildman–Crippen MR) is 142 cm³/mol. The molecule has 3 aromatic rings. The Morgan fingerprint density at radius 3 is 2.54 bits per heavy atom. The van der Waals surface area contributed by atoms with Crippen LogP contribution in [0.2, 0.25) is 18.1 Å². The summed E-state index contributed by atoms with van der Waals surface area (Å²) in [5.74, 6) is 1.63. The molecule has 1 aromatic heterocycles. The highest BCUT2D eigenvalue weighted by Gasteiger charge is 2.37. The molecular weight excluding hydrogens is 458 g/mol. The Labute approximate surface area is 209 Å². The first-order chi connectivity index (χ1) is 16.4. The maximum atomic E-state index is 12.6. The van der Waals surface area contributed by atoms with Crippen LogP contribution in [0.25, 0.3) is 0 Å². The minimum Gasteiger partial charge on any atom is -0.489 e. The second-order valence-electron chi connectivity index (χ2n) is 10.3. The molecule has 0 radical (unpaired) electrons. The van der Waals surface area contributed by atoms with Gasteiger partial charge in [-0.3, -0.25) is 9.48 Å². The number of carbonyl (C=O) groups excluding carboxylic acids is 1. The van der Waals surface area contributed by atoms with E-state index in [1.807, 2.05) is 37.3 Å². The van der Waals surface area contributed by atoms with E-state index in [4.69, 9.17) is 13.9 Å². The van der Waals surface area contributed by atoms with Crippen molar-refractivity contribution in [3.8, 4) is 11.5 Å². The van der Waals surface area contributed by atoms with Crippen molar-refractivity contribution in [1.82, 2.24) is 9.78 Å². The minimum atomic E-state index is -1.84. The van der Waals surface area contributed by atoms with E-state index >= 15 is 0 Å². The van der Waals surface area contributed by atoms with Crippen LogP contribution >= 0.6 is 0 Å². The fourth-order valence-corrected chi connectivity index (χ4v) is 4.17. The molecule has 0 aliphatic carbocycles. The van der Waals surface area contributed by atoms with E-state index in [-0.39, 0.29) is 17.0 Å². The van der Waals surface area contributed by atoms with Gasteiger partial charge in [0.25, 0.3) is 5.91 Å². The third-order valence-electron chi connectivity index (χ3n) is 6.23. The van der Waals surface area contributed by atoms with Gasteiger partial charge in [0, 0.05) is 30.4 Å². The van der Waals surface area contributed by atoms with Gasteiger partial charge in [-0.25, -0.2) is 0 Å². The summed E-state index contributed by atoms with van der Waals surface area (Å²) in [6.45, 7) is 14.1. The van der Waals surface area contributed by atoms with Crippen LogP contribution in [0.1, 0.15) is 43.6 Å². The topological polar surface area (TPSA) is 74.6 Å². The molecule has 3 rings (SSSR count). The number of aryl methyl sites for hydroxylation is 1. The average molecular weight is 496 g/mol. The van der Waals surface area contributed by atoms with E-state index in [0.29, 0.717) is 30.3 Å². The number of nitrogens with zero attached hydrogens (tertiary/aromatic N) is 2. The summed E-state index contributed by atoms with van der Waals surface area (Å²) in [4.78, 5) is 12.6. The molecular formula is C27H37N3O4Si.